The number of aliphatic imine (C=N–C) groups is 1. The molecule has 0 saturated carbocycles. The van der Waals surface area contributed by atoms with E-state index in [1.807, 2.05) is 6.07 Å². The summed E-state index contributed by atoms with van der Waals surface area (Å²) in [5.41, 5.74) is 1.18. The van der Waals surface area contributed by atoms with Crippen LogP contribution in [0.1, 0.15) is 16.7 Å². The Bertz CT molecular complexity index is 1330. The summed E-state index contributed by atoms with van der Waals surface area (Å²) >= 11 is 0. The number of para-hydroxylation sites is 1. The van der Waals surface area contributed by atoms with Crippen LogP contribution < -0.4 is 0 Å². The Morgan fingerprint density at radius 1 is 0.848 bits per heavy atom. The summed E-state index contributed by atoms with van der Waals surface area (Å²) in [6, 6.07) is 20.6. The number of nitro groups is 2. The quantitative estimate of drug-likeness (QED) is 0.245. The van der Waals surface area contributed by atoms with E-state index in [2.05, 4.69) is 10.1 Å². The van der Waals surface area contributed by atoms with Crippen molar-refractivity contribution in [1.82, 2.24) is 5.01 Å². The van der Waals surface area contributed by atoms with E-state index in [9.17, 15) is 25.0 Å². The molecule has 0 spiro atoms. The molecule has 0 atom stereocenters. The van der Waals surface area contributed by atoms with Gasteiger partial charge in [-0.15, -0.1) is 0 Å². The fourth-order valence-electron chi connectivity index (χ4n) is 3.12. The van der Waals surface area contributed by atoms with Crippen molar-refractivity contribution in [1.29, 1.82) is 0 Å². The molecule has 3 aromatic carbocycles. The maximum absolute atomic E-state index is 13.1. The number of benzene rings is 3. The van der Waals surface area contributed by atoms with Crippen LogP contribution in [0.15, 0.2) is 94.7 Å². The SMILES string of the molecule is O=C1/C(=C/c2ccccc2[N+](=O)[O-])N=C(c2ccccc2)N1/N=C/c1ccc([N+](=O)[O-])cc1. The number of non-ortho nitro benzene ring substituents is 1. The molecule has 1 heterocycles. The van der Waals surface area contributed by atoms with E-state index >= 15 is 0 Å². The molecule has 10 nitrogen and oxygen atoms in total. The number of hydrazone groups is 1. The van der Waals surface area contributed by atoms with Crippen LogP contribution in [0.2, 0.25) is 0 Å². The zero-order valence-corrected chi connectivity index (χ0v) is 16.9. The minimum Gasteiger partial charge on any atom is -0.265 e. The lowest BCUT2D eigenvalue weighted by atomic mass is 10.1. The molecule has 4 rings (SSSR count). The molecule has 0 bridgehead atoms. The summed E-state index contributed by atoms with van der Waals surface area (Å²) in [7, 11) is 0. The predicted molar refractivity (Wildman–Crippen MR) is 122 cm³/mol. The summed E-state index contributed by atoms with van der Waals surface area (Å²) in [4.78, 5) is 38.6. The number of hydrogen-bond acceptors (Lipinski definition) is 7. The van der Waals surface area contributed by atoms with Gasteiger partial charge in [-0.05, 0) is 29.8 Å². The lowest BCUT2D eigenvalue weighted by molar-refractivity contribution is -0.385. The summed E-state index contributed by atoms with van der Waals surface area (Å²) < 4.78 is 0. The number of hydrogen-bond donors (Lipinski definition) is 0. The Hall–Kier alpha value is -4.99. The first-order chi connectivity index (χ1) is 15.9. The predicted octanol–water partition coefficient (Wildman–Crippen LogP) is 4.17. The lowest BCUT2D eigenvalue weighted by Crippen LogP contribution is -2.27. The first-order valence-electron chi connectivity index (χ1n) is 9.66. The fraction of sp³-hybridized carbons (Fsp3) is 0. The van der Waals surface area contributed by atoms with Gasteiger partial charge in [-0.2, -0.15) is 10.1 Å². The second-order valence-electron chi connectivity index (χ2n) is 6.86. The highest BCUT2D eigenvalue weighted by Crippen LogP contribution is 2.26. The molecule has 162 valence electrons. The zero-order valence-electron chi connectivity index (χ0n) is 16.9. The van der Waals surface area contributed by atoms with Crippen LogP contribution >= 0.6 is 0 Å². The highest BCUT2D eigenvalue weighted by Gasteiger charge is 2.31. The van der Waals surface area contributed by atoms with Gasteiger partial charge in [-0.1, -0.05) is 42.5 Å². The third kappa shape index (κ3) is 4.54. The second-order valence-corrected chi connectivity index (χ2v) is 6.86. The van der Waals surface area contributed by atoms with Crippen LogP contribution in [0.25, 0.3) is 6.08 Å². The van der Waals surface area contributed by atoms with E-state index < -0.39 is 15.8 Å². The number of nitro benzene ring substituents is 2. The third-order valence-corrected chi connectivity index (χ3v) is 4.72. The van der Waals surface area contributed by atoms with Crippen molar-refractivity contribution in [2.75, 3.05) is 0 Å². The minimum atomic E-state index is -0.565. The summed E-state index contributed by atoms with van der Waals surface area (Å²) in [6.07, 6.45) is 2.73. The van der Waals surface area contributed by atoms with Crippen LogP contribution in [0, 0.1) is 20.2 Å². The van der Waals surface area contributed by atoms with Gasteiger partial charge in [0, 0.05) is 23.8 Å². The molecule has 1 amide bonds. The molecule has 10 heteroatoms. The second kappa shape index (κ2) is 9.02. The molecular weight excluding hydrogens is 426 g/mol. The Balaban J connectivity index is 1.72. The number of carbonyl (C=O) groups is 1. The number of rotatable bonds is 6. The molecule has 0 fully saturated rings. The topological polar surface area (TPSA) is 131 Å². The number of nitrogens with zero attached hydrogens (tertiary/aromatic N) is 5. The molecule has 33 heavy (non-hydrogen) atoms. The molecule has 0 radical (unpaired) electrons. The van der Waals surface area contributed by atoms with E-state index in [1.54, 1.807) is 30.3 Å². The van der Waals surface area contributed by atoms with Crippen molar-refractivity contribution >= 4 is 35.4 Å². The first kappa shape index (κ1) is 21.2. The van der Waals surface area contributed by atoms with Gasteiger partial charge in [0.15, 0.2) is 5.84 Å². The van der Waals surface area contributed by atoms with Gasteiger partial charge < -0.3 is 0 Å². The fourth-order valence-corrected chi connectivity index (χ4v) is 3.12. The van der Waals surface area contributed by atoms with E-state index in [4.69, 9.17) is 0 Å². The average molecular weight is 441 g/mol. The number of amides is 1. The highest BCUT2D eigenvalue weighted by molar-refractivity contribution is 6.19. The van der Waals surface area contributed by atoms with Gasteiger partial charge in [0.05, 0.1) is 21.6 Å². The van der Waals surface area contributed by atoms with Crippen LogP contribution in [0.5, 0.6) is 0 Å². The van der Waals surface area contributed by atoms with Gasteiger partial charge in [0.1, 0.15) is 5.70 Å². The molecule has 0 saturated heterocycles. The molecule has 1 aliphatic heterocycles. The van der Waals surface area contributed by atoms with Crippen molar-refractivity contribution < 1.29 is 14.6 Å². The molecule has 0 aliphatic carbocycles. The largest absolute Gasteiger partial charge is 0.298 e. The van der Waals surface area contributed by atoms with E-state index in [0.29, 0.717) is 11.1 Å². The van der Waals surface area contributed by atoms with Crippen LogP contribution in [-0.2, 0) is 4.79 Å². The molecular formula is C23H15N5O5. The normalized spacial score (nSPS) is 14.7. The Kier molecular flexibility index (Phi) is 5.81. The molecule has 3 aromatic rings. The van der Waals surface area contributed by atoms with Crippen LogP contribution in [0.4, 0.5) is 11.4 Å². The van der Waals surface area contributed by atoms with Crippen molar-refractivity contribution in [2.24, 2.45) is 10.1 Å². The Labute approximate surface area is 187 Å². The molecule has 0 aromatic heterocycles. The van der Waals surface area contributed by atoms with Gasteiger partial charge >= 0.3 is 0 Å². The Morgan fingerprint density at radius 2 is 1.52 bits per heavy atom. The van der Waals surface area contributed by atoms with Gasteiger partial charge in [-0.3, -0.25) is 25.0 Å². The standard InChI is InChI=1S/C23H15N5O5/c29-23-20(14-18-8-4-5-9-21(18)28(32)33)25-22(17-6-2-1-3-7-17)26(23)24-15-16-10-12-19(13-11-16)27(30)31/h1-15H/b20-14-,24-15+. The van der Waals surface area contributed by atoms with Gasteiger partial charge in [0.2, 0.25) is 0 Å². The molecule has 0 N–H and O–H groups in total. The molecule has 0 unspecified atom stereocenters. The van der Waals surface area contributed by atoms with Crippen LogP contribution in [-0.4, -0.2) is 32.8 Å². The monoisotopic (exact) mass is 441 g/mol. The number of amidine groups is 1. The van der Waals surface area contributed by atoms with E-state index in [0.717, 1.165) is 5.01 Å². The minimum absolute atomic E-state index is 0.0102. The average Bonchev–Trinajstić information content (AvgIpc) is 3.13. The summed E-state index contributed by atoms with van der Waals surface area (Å²) in [5.74, 6) is -0.311. The summed E-state index contributed by atoms with van der Waals surface area (Å²) in [6.45, 7) is 0. The maximum Gasteiger partial charge on any atom is 0.298 e. The van der Waals surface area contributed by atoms with Crippen molar-refractivity contribution in [3.05, 3.63) is 121 Å². The van der Waals surface area contributed by atoms with Crippen molar-refractivity contribution in [3.63, 3.8) is 0 Å². The number of carbonyl (C=O) groups excluding carboxylic acids is 1. The highest BCUT2D eigenvalue weighted by atomic mass is 16.6. The van der Waals surface area contributed by atoms with Crippen LogP contribution in [0.3, 0.4) is 0 Å². The maximum atomic E-state index is 13.1. The smallest absolute Gasteiger partial charge is 0.265 e. The van der Waals surface area contributed by atoms with E-state index in [1.165, 1.54) is 54.8 Å². The van der Waals surface area contributed by atoms with E-state index in [-0.39, 0.29) is 28.5 Å². The lowest BCUT2D eigenvalue weighted by Gasteiger charge is -2.11. The Morgan fingerprint density at radius 3 is 2.18 bits per heavy atom. The van der Waals surface area contributed by atoms with Gasteiger partial charge in [0.25, 0.3) is 17.3 Å². The van der Waals surface area contributed by atoms with Crippen molar-refractivity contribution in [3.8, 4) is 0 Å². The third-order valence-electron chi connectivity index (χ3n) is 4.72. The molecule has 1 aliphatic rings. The van der Waals surface area contributed by atoms with Crippen molar-refractivity contribution in [2.45, 2.75) is 0 Å². The zero-order chi connectivity index (χ0) is 23.4. The first-order valence-corrected chi connectivity index (χ1v) is 9.66. The van der Waals surface area contributed by atoms with Gasteiger partial charge in [-0.25, -0.2) is 4.99 Å². The summed E-state index contributed by atoms with van der Waals surface area (Å²) in [5, 5.41) is 27.5.